The van der Waals surface area contributed by atoms with Gasteiger partial charge >= 0.3 is 0 Å². The van der Waals surface area contributed by atoms with E-state index in [9.17, 15) is 4.79 Å². The van der Waals surface area contributed by atoms with Crippen LogP contribution in [0.1, 0.15) is 39.5 Å². The summed E-state index contributed by atoms with van der Waals surface area (Å²) in [5.74, 6) is 0.283. The zero-order chi connectivity index (χ0) is 13.0. The molecule has 4 nitrogen and oxygen atoms in total. The van der Waals surface area contributed by atoms with E-state index in [1.165, 1.54) is 19.3 Å². The van der Waals surface area contributed by atoms with Crippen molar-refractivity contribution in [2.24, 2.45) is 0 Å². The Bertz CT molecular complexity index is 283. The van der Waals surface area contributed by atoms with Gasteiger partial charge in [-0.3, -0.25) is 9.69 Å². The quantitative estimate of drug-likeness (QED) is 0.765. The molecule has 0 aromatic heterocycles. The molecule has 0 aromatic carbocycles. The van der Waals surface area contributed by atoms with Crippen LogP contribution in [0.15, 0.2) is 0 Å². The third kappa shape index (κ3) is 3.45. The molecule has 18 heavy (non-hydrogen) atoms. The number of morpholine rings is 1. The second-order valence-corrected chi connectivity index (χ2v) is 5.55. The fourth-order valence-corrected chi connectivity index (χ4v) is 3.05. The van der Waals surface area contributed by atoms with Crippen LogP contribution in [0, 0.1) is 0 Å². The van der Waals surface area contributed by atoms with E-state index < -0.39 is 0 Å². The van der Waals surface area contributed by atoms with Gasteiger partial charge in [0.1, 0.15) is 0 Å². The summed E-state index contributed by atoms with van der Waals surface area (Å²) in [5.41, 5.74) is 0. The van der Waals surface area contributed by atoms with Crippen molar-refractivity contribution in [2.45, 2.75) is 51.7 Å². The Balaban J connectivity index is 1.85. The number of rotatable bonds is 3. The Morgan fingerprint density at radius 2 is 2.17 bits per heavy atom. The zero-order valence-corrected chi connectivity index (χ0v) is 11.7. The molecule has 1 amide bonds. The number of piperidine rings is 1. The first kappa shape index (κ1) is 13.8. The van der Waals surface area contributed by atoms with Crippen LogP contribution in [0.2, 0.25) is 0 Å². The normalized spacial score (nSPS) is 30.4. The molecule has 0 aromatic rings. The van der Waals surface area contributed by atoms with Crippen LogP contribution in [-0.2, 0) is 9.53 Å². The smallest absolute Gasteiger partial charge is 0.236 e. The van der Waals surface area contributed by atoms with E-state index in [0.29, 0.717) is 19.2 Å². The summed E-state index contributed by atoms with van der Waals surface area (Å²) >= 11 is 0. The van der Waals surface area contributed by atoms with Gasteiger partial charge in [0.25, 0.3) is 0 Å². The Hall–Kier alpha value is -0.610. The number of hydrogen-bond acceptors (Lipinski definition) is 3. The summed E-state index contributed by atoms with van der Waals surface area (Å²) in [6.07, 6.45) is 5.16. The zero-order valence-electron chi connectivity index (χ0n) is 11.7. The van der Waals surface area contributed by atoms with E-state index in [1.54, 1.807) is 0 Å². The van der Waals surface area contributed by atoms with Crippen molar-refractivity contribution in [2.75, 3.05) is 32.8 Å². The first-order valence-corrected chi connectivity index (χ1v) is 7.34. The molecule has 2 saturated heterocycles. The summed E-state index contributed by atoms with van der Waals surface area (Å²) in [4.78, 5) is 16.7. The first-order valence-electron chi connectivity index (χ1n) is 7.34. The van der Waals surface area contributed by atoms with Crippen molar-refractivity contribution in [1.29, 1.82) is 0 Å². The molecule has 0 saturated carbocycles. The maximum absolute atomic E-state index is 12.3. The lowest BCUT2D eigenvalue weighted by atomic mass is 10.00. The van der Waals surface area contributed by atoms with Crippen LogP contribution in [0.25, 0.3) is 0 Å². The van der Waals surface area contributed by atoms with E-state index in [-0.39, 0.29) is 12.0 Å². The number of amides is 1. The predicted molar refractivity (Wildman–Crippen MR) is 71.5 cm³/mol. The monoisotopic (exact) mass is 254 g/mol. The van der Waals surface area contributed by atoms with Gasteiger partial charge in [-0.2, -0.15) is 0 Å². The maximum Gasteiger partial charge on any atom is 0.236 e. The number of hydrogen-bond donors (Lipinski definition) is 0. The average Bonchev–Trinajstić information content (AvgIpc) is 2.39. The summed E-state index contributed by atoms with van der Waals surface area (Å²) in [6, 6.07) is 0.612. The highest BCUT2D eigenvalue weighted by Gasteiger charge is 2.27. The van der Waals surface area contributed by atoms with Crippen molar-refractivity contribution >= 4 is 5.91 Å². The van der Waals surface area contributed by atoms with E-state index in [4.69, 9.17) is 4.74 Å². The van der Waals surface area contributed by atoms with Gasteiger partial charge in [0.15, 0.2) is 0 Å². The van der Waals surface area contributed by atoms with E-state index in [0.717, 1.165) is 26.1 Å². The molecule has 2 aliphatic heterocycles. The van der Waals surface area contributed by atoms with Crippen molar-refractivity contribution in [1.82, 2.24) is 9.80 Å². The molecular weight excluding hydrogens is 228 g/mol. The second kappa shape index (κ2) is 6.53. The molecule has 2 unspecified atom stereocenters. The standard InChI is InChI=1S/C14H26N2O2/c1-3-13-6-4-5-7-15(13)11-14(17)16-8-9-18-12(2)10-16/h12-13H,3-11H2,1-2H3. The fraction of sp³-hybridized carbons (Fsp3) is 0.929. The van der Waals surface area contributed by atoms with Crippen molar-refractivity contribution in [3.05, 3.63) is 0 Å². The molecule has 0 radical (unpaired) electrons. The van der Waals surface area contributed by atoms with Crippen LogP contribution >= 0.6 is 0 Å². The van der Waals surface area contributed by atoms with Crippen LogP contribution in [0.4, 0.5) is 0 Å². The Kier molecular flexibility index (Phi) is 5.01. The van der Waals surface area contributed by atoms with Crippen molar-refractivity contribution in [3.8, 4) is 0 Å². The highest BCUT2D eigenvalue weighted by atomic mass is 16.5. The molecule has 0 bridgehead atoms. The SMILES string of the molecule is CCC1CCCCN1CC(=O)N1CCOC(C)C1. The summed E-state index contributed by atoms with van der Waals surface area (Å²) in [7, 11) is 0. The number of nitrogens with zero attached hydrogens (tertiary/aromatic N) is 2. The second-order valence-electron chi connectivity index (χ2n) is 5.55. The topological polar surface area (TPSA) is 32.8 Å². The molecule has 2 aliphatic rings. The molecule has 2 fully saturated rings. The third-order valence-electron chi connectivity index (χ3n) is 4.15. The maximum atomic E-state index is 12.3. The summed E-state index contributed by atoms with van der Waals surface area (Å²) in [5, 5.41) is 0. The Morgan fingerprint density at radius 3 is 2.89 bits per heavy atom. The van der Waals surface area contributed by atoms with Gasteiger partial charge in [0.05, 0.1) is 19.3 Å². The van der Waals surface area contributed by atoms with Gasteiger partial charge in [-0.1, -0.05) is 13.3 Å². The molecule has 2 rings (SSSR count). The van der Waals surface area contributed by atoms with Gasteiger partial charge in [0, 0.05) is 19.1 Å². The molecule has 104 valence electrons. The fourth-order valence-electron chi connectivity index (χ4n) is 3.05. The molecule has 2 heterocycles. The highest BCUT2D eigenvalue weighted by molar-refractivity contribution is 5.78. The number of carbonyl (C=O) groups is 1. The minimum Gasteiger partial charge on any atom is -0.375 e. The van der Waals surface area contributed by atoms with Gasteiger partial charge in [0.2, 0.25) is 5.91 Å². The van der Waals surface area contributed by atoms with Crippen LogP contribution in [-0.4, -0.2) is 60.6 Å². The lowest BCUT2D eigenvalue weighted by molar-refractivity contribution is -0.140. The highest BCUT2D eigenvalue weighted by Crippen LogP contribution is 2.19. The van der Waals surface area contributed by atoms with Crippen molar-refractivity contribution in [3.63, 3.8) is 0 Å². The Labute approximate surface area is 110 Å². The van der Waals surface area contributed by atoms with Crippen molar-refractivity contribution < 1.29 is 9.53 Å². The predicted octanol–water partition coefficient (Wildman–Crippen LogP) is 1.50. The molecule has 0 N–H and O–H groups in total. The molecule has 4 heteroatoms. The molecular formula is C14H26N2O2. The van der Waals surface area contributed by atoms with Gasteiger partial charge in [-0.15, -0.1) is 0 Å². The minimum absolute atomic E-state index is 0.186. The molecule has 0 spiro atoms. The average molecular weight is 254 g/mol. The minimum atomic E-state index is 0.186. The number of ether oxygens (including phenoxy) is 1. The third-order valence-corrected chi connectivity index (χ3v) is 4.15. The lowest BCUT2D eigenvalue weighted by Gasteiger charge is -2.37. The molecule has 2 atom stereocenters. The number of carbonyl (C=O) groups excluding carboxylic acids is 1. The van der Waals surface area contributed by atoms with E-state index in [2.05, 4.69) is 11.8 Å². The first-order chi connectivity index (χ1) is 8.70. The van der Waals surface area contributed by atoms with Gasteiger partial charge in [-0.05, 0) is 32.7 Å². The molecule has 0 aliphatic carbocycles. The summed E-state index contributed by atoms with van der Waals surface area (Å²) in [6.45, 7) is 8.15. The van der Waals surface area contributed by atoms with Crippen LogP contribution in [0.5, 0.6) is 0 Å². The van der Waals surface area contributed by atoms with Crippen LogP contribution in [0.3, 0.4) is 0 Å². The number of likely N-dealkylation sites (tertiary alicyclic amines) is 1. The lowest BCUT2D eigenvalue weighted by Crippen LogP contribution is -2.50. The largest absolute Gasteiger partial charge is 0.375 e. The Morgan fingerprint density at radius 1 is 1.33 bits per heavy atom. The summed E-state index contributed by atoms with van der Waals surface area (Å²) < 4.78 is 5.48. The van der Waals surface area contributed by atoms with E-state index >= 15 is 0 Å². The van der Waals surface area contributed by atoms with Crippen LogP contribution < -0.4 is 0 Å². The van der Waals surface area contributed by atoms with Gasteiger partial charge < -0.3 is 9.64 Å². The van der Waals surface area contributed by atoms with E-state index in [1.807, 2.05) is 11.8 Å². The van der Waals surface area contributed by atoms with Gasteiger partial charge in [-0.25, -0.2) is 0 Å².